The Morgan fingerprint density at radius 2 is 2.08 bits per heavy atom. The van der Waals surface area contributed by atoms with Gasteiger partial charge in [0.2, 0.25) is 5.95 Å². The number of rotatable bonds is 3. The van der Waals surface area contributed by atoms with E-state index in [0.717, 1.165) is 41.6 Å². The quantitative estimate of drug-likeness (QED) is 0.729. The first-order valence-electron chi connectivity index (χ1n) is 8.37. The third kappa shape index (κ3) is 2.89. The van der Waals surface area contributed by atoms with Gasteiger partial charge in [-0.3, -0.25) is 4.98 Å². The molecule has 122 valence electrons. The van der Waals surface area contributed by atoms with Gasteiger partial charge >= 0.3 is 0 Å². The molecule has 0 saturated carbocycles. The van der Waals surface area contributed by atoms with Gasteiger partial charge in [0, 0.05) is 37.2 Å². The van der Waals surface area contributed by atoms with Gasteiger partial charge < -0.3 is 9.32 Å². The topological polar surface area (TPSA) is 55.1 Å². The maximum Gasteiger partial charge on any atom is 0.226 e. The zero-order valence-corrected chi connectivity index (χ0v) is 13.7. The Kier molecular flexibility index (Phi) is 3.99. The Morgan fingerprint density at radius 1 is 1.21 bits per heavy atom. The van der Waals surface area contributed by atoms with Crippen molar-refractivity contribution in [2.45, 2.75) is 19.8 Å². The largest absolute Gasteiger partial charge is 0.463 e. The second kappa shape index (κ2) is 6.43. The van der Waals surface area contributed by atoms with Crippen LogP contribution in [0.2, 0.25) is 0 Å². The lowest BCUT2D eigenvalue weighted by atomic mass is 10.0. The number of pyridine rings is 1. The molecule has 0 unspecified atom stereocenters. The van der Waals surface area contributed by atoms with E-state index in [2.05, 4.69) is 21.8 Å². The summed E-state index contributed by atoms with van der Waals surface area (Å²) >= 11 is 0. The number of hydrogen-bond donors (Lipinski definition) is 0. The van der Waals surface area contributed by atoms with Crippen molar-refractivity contribution in [3.05, 3.63) is 49.1 Å². The summed E-state index contributed by atoms with van der Waals surface area (Å²) in [4.78, 5) is 15.9. The van der Waals surface area contributed by atoms with E-state index < -0.39 is 0 Å². The molecule has 4 heterocycles. The average Bonchev–Trinajstić information content (AvgIpc) is 3.16. The summed E-state index contributed by atoms with van der Waals surface area (Å²) in [6.45, 7) is 4.30. The van der Waals surface area contributed by atoms with E-state index in [4.69, 9.17) is 9.40 Å². The lowest BCUT2D eigenvalue weighted by molar-refractivity contribution is 0.442. The molecule has 0 aromatic carbocycles. The number of furan rings is 1. The lowest BCUT2D eigenvalue weighted by Gasteiger charge is -2.31. The van der Waals surface area contributed by atoms with Crippen molar-refractivity contribution in [2.75, 3.05) is 18.0 Å². The maximum absolute atomic E-state index is 5.62. The van der Waals surface area contributed by atoms with Crippen LogP contribution in [0.5, 0.6) is 0 Å². The first kappa shape index (κ1) is 14.9. The molecule has 3 aromatic heterocycles. The van der Waals surface area contributed by atoms with Crippen LogP contribution in [0.4, 0.5) is 5.95 Å². The highest BCUT2D eigenvalue weighted by Gasteiger charge is 2.21. The first-order chi connectivity index (χ1) is 11.8. The molecule has 1 aliphatic rings. The van der Waals surface area contributed by atoms with Crippen molar-refractivity contribution in [1.29, 1.82) is 0 Å². The molecular weight excluding hydrogens is 300 g/mol. The van der Waals surface area contributed by atoms with Crippen molar-refractivity contribution < 1.29 is 4.42 Å². The first-order valence-corrected chi connectivity index (χ1v) is 8.37. The normalized spacial score (nSPS) is 17.9. The van der Waals surface area contributed by atoms with Gasteiger partial charge in [0.15, 0.2) is 5.76 Å². The van der Waals surface area contributed by atoms with Gasteiger partial charge in [-0.1, -0.05) is 6.92 Å². The highest BCUT2D eigenvalue weighted by atomic mass is 16.3. The minimum atomic E-state index is 0.675. The van der Waals surface area contributed by atoms with Crippen molar-refractivity contribution >= 4 is 5.95 Å². The molecule has 5 heteroatoms. The Balaban J connectivity index is 1.78. The molecule has 5 nitrogen and oxygen atoms in total. The van der Waals surface area contributed by atoms with Crippen LogP contribution in [0.15, 0.2) is 53.5 Å². The Hall–Kier alpha value is -2.69. The molecule has 0 N–H and O–H groups in total. The van der Waals surface area contributed by atoms with Crippen LogP contribution in [0.3, 0.4) is 0 Å². The molecule has 1 aliphatic heterocycles. The van der Waals surface area contributed by atoms with Gasteiger partial charge in [-0.2, -0.15) is 0 Å². The summed E-state index contributed by atoms with van der Waals surface area (Å²) in [5, 5.41) is 0. The van der Waals surface area contributed by atoms with Gasteiger partial charge in [0.05, 0.1) is 6.26 Å². The molecule has 3 aromatic rings. The highest BCUT2D eigenvalue weighted by molar-refractivity contribution is 5.78. The van der Waals surface area contributed by atoms with Gasteiger partial charge in [-0.05, 0) is 48.6 Å². The van der Waals surface area contributed by atoms with E-state index in [1.165, 1.54) is 12.8 Å². The van der Waals surface area contributed by atoms with Gasteiger partial charge in [-0.15, -0.1) is 0 Å². The highest BCUT2D eigenvalue weighted by Crippen LogP contribution is 2.32. The maximum atomic E-state index is 5.62. The van der Waals surface area contributed by atoms with Crippen molar-refractivity contribution in [3.8, 4) is 22.6 Å². The molecule has 4 rings (SSSR count). The summed E-state index contributed by atoms with van der Waals surface area (Å²) in [7, 11) is 0. The molecule has 24 heavy (non-hydrogen) atoms. The predicted octanol–water partition coefficient (Wildman–Crippen LogP) is 4.03. The molecule has 1 atom stereocenters. The molecular formula is C19H20N4O. The fraction of sp³-hybridized carbons (Fsp3) is 0.316. The zero-order valence-electron chi connectivity index (χ0n) is 13.7. The van der Waals surface area contributed by atoms with Crippen LogP contribution in [-0.4, -0.2) is 28.0 Å². The SMILES string of the molecule is C[C@@H]1CCCN(c2ncc(-c3ccncc3)c(-c3ccco3)n2)C1. The number of anilines is 1. The van der Waals surface area contributed by atoms with E-state index in [1.807, 2.05) is 30.5 Å². The summed E-state index contributed by atoms with van der Waals surface area (Å²) in [6.07, 6.45) is 9.59. The fourth-order valence-electron chi connectivity index (χ4n) is 3.24. The summed E-state index contributed by atoms with van der Waals surface area (Å²) < 4.78 is 5.62. The average molecular weight is 320 g/mol. The second-order valence-electron chi connectivity index (χ2n) is 6.34. The molecule has 1 fully saturated rings. The second-order valence-corrected chi connectivity index (χ2v) is 6.34. The Labute approximate surface area is 141 Å². The van der Waals surface area contributed by atoms with E-state index in [1.54, 1.807) is 18.7 Å². The van der Waals surface area contributed by atoms with Crippen LogP contribution in [-0.2, 0) is 0 Å². The van der Waals surface area contributed by atoms with Crippen molar-refractivity contribution in [2.24, 2.45) is 5.92 Å². The molecule has 0 radical (unpaired) electrons. The van der Waals surface area contributed by atoms with Crippen LogP contribution in [0.25, 0.3) is 22.6 Å². The Morgan fingerprint density at radius 3 is 2.83 bits per heavy atom. The molecule has 1 saturated heterocycles. The summed E-state index contributed by atoms with van der Waals surface area (Å²) in [5.41, 5.74) is 2.82. The van der Waals surface area contributed by atoms with Crippen molar-refractivity contribution in [1.82, 2.24) is 15.0 Å². The predicted molar refractivity (Wildman–Crippen MR) is 93.6 cm³/mol. The molecule has 0 spiro atoms. The number of piperidine rings is 1. The molecule has 0 aliphatic carbocycles. The standard InChI is InChI=1S/C19H20N4O/c1-14-4-2-10-23(13-14)19-21-12-16(15-6-8-20-9-7-15)18(22-19)17-5-3-11-24-17/h3,5-9,11-12,14H,2,4,10,13H2,1H3/t14-/m1/s1. The fourth-order valence-corrected chi connectivity index (χ4v) is 3.24. The van der Waals surface area contributed by atoms with Gasteiger partial charge in [0.25, 0.3) is 0 Å². The minimum absolute atomic E-state index is 0.675. The molecule has 0 bridgehead atoms. The number of hydrogen-bond acceptors (Lipinski definition) is 5. The van der Waals surface area contributed by atoms with Gasteiger partial charge in [-0.25, -0.2) is 9.97 Å². The van der Waals surface area contributed by atoms with E-state index in [0.29, 0.717) is 5.92 Å². The van der Waals surface area contributed by atoms with E-state index in [9.17, 15) is 0 Å². The van der Waals surface area contributed by atoms with Crippen molar-refractivity contribution in [3.63, 3.8) is 0 Å². The summed E-state index contributed by atoms with van der Waals surface area (Å²) in [5.74, 6) is 2.22. The van der Waals surface area contributed by atoms with E-state index >= 15 is 0 Å². The number of nitrogens with zero attached hydrogens (tertiary/aromatic N) is 4. The smallest absolute Gasteiger partial charge is 0.226 e. The lowest BCUT2D eigenvalue weighted by Crippen LogP contribution is -2.35. The zero-order chi connectivity index (χ0) is 16.4. The van der Waals surface area contributed by atoms with Crippen LogP contribution < -0.4 is 4.90 Å². The van der Waals surface area contributed by atoms with Crippen LogP contribution in [0.1, 0.15) is 19.8 Å². The monoisotopic (exact) mass is 320 g/mol. The van der Waals surface area contributed by atoms with Crippen LogP contribution >= 0.6 is 0 Å². The minimum Gasteiger partial charge on any atom is -0.463 e. The summed E-state index contributed by atoms with van der Waals surface area (Å²) in [6, 6.07) is 7.76. The third-order valence-electron chi connectivity index (χ3n) is 4.46. The van der Waals surface area contributed by atoms with Gasteiger partial charge in [0.1, 0.15) is 5.69 Å². The third-order valence-corrected chi connectivity index (χ3v) is 4.46. The van der Waals surface area contributed by atoms with Crippen LogP contribution in [0, 0.1) is 5.92 Å². The molecule has 0 amide bonds. The van der Waals surface area contributed by atoms with E-state index in [-0.39, 0.29) is 0 Å². The Bertz CT molecular complexity index is 801. The number of aromatic nitrogens is 3.